The van der Waals surface area contributed by atoms with Gasteiger partial charge in [0.15, 0.2) is 6.61 Å². The van der Waals surface area contributed by atoms with Crippen LogP contribution in [0, 0.1) is 5.92 Å². The van der Waals surface area contributed by atoms with Crippen molar-refractivity contribution in [2.75, 3.05) is 16.8 Å². The number of amides is 3. The highest BCUT2D eigenvalue weighted by Crippen LogP contribution is 2.55. The van der Waals surface area contributed by atoms with Crippen LogP contribution < -0.4 is 25.0 Å². The zero-order valence-electron chi connectivity index (χ0n) is 23.4. The fourth-order valence-electron chi connectivity index (χ4n) is 5.46. The van der Waals surface area contributed by atoms with Crippen LogP contribution in [0.3, 0.4) is 0 Å². The van der Waals surface area contributed by atoms with Gasteiger partial charge in [0.25, 0.3) is 5.91 Å². The first-order valence-electron chi connectivity index (χ1n) is 13.4. The van der Waals surface area contributed by atoms with Gasteiger partial charge in [-0.3, -0.25) is 19.2 Å². The second kappa shape index (κ2) is 12.2. The second-order valence-electron chi connectivity index (χ2n) is 10.4. The SMILES string of the molecule is NS(=O)(=O)c1ccc(NC(=O)COc2ccc(Br)cc2[C@H]2c3sc(=O)[nH]c3SC3C(=O)N(c4ccccc4C(F)(F)F)C(=O)C32)cc1. The number of nitrogens with zero attached hydrogens (tertiary/aromatic N) is 1. The van der Waals surface area contributed by atoms with Gasteiger partial charge in [0, 0.05) is 26.5 Å². The topological polar surface area (TPSA) is 169 Å². The Labute approximate surface area is 280 Å². The molecule has 3 aromatic carbocycles. The average molecular weight is 770 g/mol. The van der Waals surface area contributed by atoms with E-state index in [4.69, 9.17) is 9.88 Å². The summed E-state index contributed by atoms with van der Waals surface area (Å²) in [6.45, 7) is -0.546. The summed E-state index contributed by atoms with van der Waals surface area (Å²) in [5.74, 6) is -4.50. The first-order chi connectivity index (χ1) is 22.1. The molecule has 47 heavy (non-hydrogen) atoms. The number of primary sulfonamides is 1. The van der Waals surface area contributed by atoms with Crippen molar-refractivity contribution in [3.8, 4) is 5.75 Å². The van der Waals surface area contributed by atoms with Crippen LogP contribution in [0.4, 0.5) is 24.5 Å². The molecule has 2 aliphatic rings. The Balaban J connectivity index is 1.34. The molecule has 3 heterocycles. The molecule has 244 valence electrons. The number of halogens is 4. The quantitative estimate of drug-likeness (QED) is 0.228. The van der Waals surface area contributed by atoms with E-state index in [9.17, 15) is 40.8 Å². The molecular weight excluding hydrogens is 749 g/mol. The maximum Gasteiger partial charge on any atom is 0.418 e. The van der Waals surface area contributed by atoms with Crippen LogP contribution in [0.15, 0.2) is 85.9 Å². The number of sulfonamides is 1. The van der Waals surface area contributed by atoms with Crippen LogP contribution in [-0.4, -0.2) is 43.0 Å². The van der Waals surface area contributed by atoms with E-state index in [-0.39, 0.29) is 16.3 Å². The average Bonchev–Trinajstić information content (AvgIpc) is 3.49. The minimum atomic E-state index is -4.85. The third kappa shape index (κ3) is 6.34. The number of aromatic amines is 1. The van der Waals surface area contributed by atoms with Gasteiger partial charge in [-0.2, -0.15) is 13.2 Å². The van der Waals surface area contributed by atoms with Gasteiger partial charge in [0.1, 0.15) is 11.0 Å². The van der Waals surface area contributed by atoms with Gasteiger partial charge in [-0.05, 0) is 54.6 Å². The number of carbonyl (C=O) groups is 3. The van der Waals surface area contributed by atoms with Gasteiger partial charge in [-0.25, -0.2) is 18.5 Å². The number of alkyl halides is 3. The molecule has 0 aliphatic carbocycles. The maximum absolute atomic E-state index is 14.1. The Kier molecular flexibility index (Phi) is 8.58. The number of nitrogens with one attached hydrogen (secondary N) is 2. The highest BCUT2D eigenvalue weighted by atomic mass is 79.9. The fourth-order valence-corrected chi connectivity index (χ4v) is 8.86. The molecule has 6 rings (SSSR count). The number of thioether (sulfide) groups is 1. The lowest BCUT2D eigenvalue weighted by Crippen LogP contribution is -2.33. The van der Waals surface area contributed by atoms with E-state index in [1.54, 1.807) is 12.1 Å². The van der Waals surface area contributed by atoms with Crippen molar-refractivity contribution in [1.29, 1.82) is 0 Å². The molecule has 1 aromatic heterocycles. The fraction of sp³-hybridized carbons (Fsp3) is 0.172. The third-order valence-corrected chi connectivity index (χ3v) is 11.2. The highest BCUT2D eigenvalue weighted by Gasteiger charge is 2.57. The molecule has 11 nitrogen and oxygen atoms in total. The predicted molar refractivity (Wildman–Crippen MR) is 170 cm³/mol. The van der Waals surface area contributed by atoms with E-state index in [0.29, 0.717) is 24.8 Å². The zero-order chi connectivity index (χ0) is 33.8. The number of aromatic nitrogens is 1. The summed E-state index contributed by atoms with van der Waals surface area (Å²) in [7, 11) is -3.94. The maximum atomic E-state index is 14.1. The number of anilines is 2. The van der Waals surface area contributed by atoms with Crippen LogP contribution in [0.1, 0.15) is 21.9 Å². The zero-order valence-corrected chi connectivity index (χ0v) is 27.4. The molecule has 3 amide bonds. The van der Waals surface area contributed by atoms with Crippen LogP contribution >= 0.6 is 39.0 Å². The van der Waals surface area contributed by atoms with Crippen LogP contribution in [0.2, 0.25) is 0 Å². The lowest BCUT2D eigenvalue weighted by atomic mass is 9.82. The number of benzene rings is 3. The highest BCUT2D eigenvalue weighted by molar-refractivity contribution is 9.10. The molecule has 2 unspecified atom stereocenters. The number of para-hydroxylation sites is 1. The molecule has 1 saturated heterocycles. The van der Waals surface area contributed by atoms with Crippen molar-refractivity contribution in [2.45, 2.75) is 27.3 Å². The summed E-state index contributed by atoms with van der Waals surface area (Å²) < 4.78 is 71.2. The minimum absolute atomic E-state index is 0.116. The van der Waals surface area contributed by atoms with Crippen molar-refractivity contribution >= 4 is 78.1 Å². The summed E-state index contributed by atoms with van der Waals surface area (Å²) in [4.78, 5) is 56.0. The number of imide groups is 1. The molecule has 0 bridgehead atoms. The van der Waals surface area contributed by atoms with E-state index >= 15 is 0 Å². The summed E-state index contributed by atoms with van der Waals surface area (Å²) in [6.07, 6.45) is -4.85. The monoisotopic (exact) mass is 768 g/mol. The number of fused-ring (bicyclic) bond motifs is 2. The number of ether oxygens (including phenoxy) is 1. The number of hydrogen-bond donors (Lipinski definition) is 3. The summed E-state index contributed by atoms with van der Waals surface area (Å²) in [6, 6.07) is 14.1. The van der Waals surface area contributed by atoms with Gasteiger partial charge < -0.3 is 15.0 Å². The first kappa shape index (κ1) is 33.0. The standard InChI is InChI=1S/C29H20BrF3N4O7S3/c30-13-5-10-19(44-12-20(38)35-14-6-8-15(9-7-14)47(34,42)43)16(11-13)21-22-24(45-25-23(21)46-28(41)36-25)27(40)37(26(22)39)18-4-2-1-3-17(18)29(31,32)33/h1-11,21-22,24H,12H2,(H,35,38)(H,36,41)(H2,34,42,43)/t21-,22?,24?/m1/s1. The van der Waals surface area contributed by atoms with Gasteiger partial charge in [0.2, 0.25) is 21.8 Å². The number of thiazole rings is 1. The van der Waals surface area contributed by atoms with Crippen LogP contribution in [0.25, 0.3) is 0 Å². The second-order valence-corrected chi connectivity index (χ2v) is 15.0. The van der Waals surface area contributed by atoms with Crippen molar-refractivity contribution in [3.63, 3.8) is 0 Å². The number of nitrogens with two attached hydrogens (primary N) is 1. The van der Waals surface area contributed by atoms with E-state index in [0.717, 1.165) is 41.3 Å². The van der Waals surface area contributed by atoms with Gasteiger partial charge in [0.05, 0.1) is 27.1 Å². The Bertz CT molecular complexity index is 2100. The molecule has 0 radical (unpaired) electrons. The summed E-state index contributed by atoms with van der Waals surface area (Å²) in [5.41, 5.74) is -1.18. The number of hydrogen-bond acceptors (Lipinski definition) is 9. The molecule has 0 saturated carbocycles. The Hall–Kier alpha value is -3.97. The Morgan fingerprint density at radius 3 is 2.43 bits per heavy atom. The van der Waals surface area contributed by atoms with Crippen LogP contribution in [-0.2, 0) is 30.6 Å². The number of H-pyrrole nitrogens is 1. The predicted octanol–water partition coefficient (Wildman–Crippen LogP) is 4.68. The first-order valence-corrected chi connectivity index (χ1v) is 17.5. The number of rotatable bonds is 7. The molecular formula is C29H20BrF3N4O7S3. The van der Waals surface area contributed by atoms with Crippen LogP contribution in [0.5, 0.6) is 5.75 Å². The van der Waals surface area contributed by atoms with E-state index in [1.165, 1.54) is 36.4 Å². The molecule has 4 N–H and O–H groups in total. The van der Waals surface area contributed by atoms with Crippen molar-refractivity contribution < 1.29 is 40.7 Å². The smallest absolute Gasteiger partial charge is 0.418 e. The minimum Gasteiger partial charge on any atom is -0.483 e. The largest absolute Gasteiger partial charge is 0.483 e. The van der Waals surface area contributed by atoms with Crippen molar-refractivity contribution in [2.24, 2.45) is 11.1 Å². The molecule has 3 atom stereocenters. The van der Waals surface area contributed by atoms with Crippen molar-refractivity contribution in [1.82, 2.24) is 4.98 Å². The third-order valence-electron chi connectivity index (χ3n) is 7.41. The molecule has 2 aliphatic heterocycles. The van der Waals surface area contributed by atoms with Gasteiger partial charge >= 0.3 is 11.0 Å². The van der Waals surface area contributed by atoms with E-state index < -0.39 is 73.7 Å². The summed E-state index contributed by atoms with van der Waals surface area (Å²) in [5, 5.41) is 6.78. The van der Waals surface area contributed by atoms with E-state index in [2.05, 4.69) is 26.2 Å². The van der Waals surface area contributed by atoms with Crippen molar-refractivity contribution in [3.05, 3.63) is 96.9 Å². The molecule has 1 fully saturated rings. The Morgan fingerprint density at radius 2 is 1.74 bits per heavy atom. The lowest BCUT2D eigenvalue weighted by molar-refractivity contribution is -0.137. The molecule has 4 aromatic rings. The van der Waals surface area contributed by atoms with Gasteiger partial charge in [-0.1, -0.05) is 51.2 Å². The number of carbonyl (C=O) groups excluding carboxylic acids is 3. The van der Waals surface area contributed by atoms with E-state index in [1.807, 2.05) is 0 Å². The lowest BCUT2D eigenvalue weighted by Gasteiger charge is -2.31. The van der Waals surface area contributed by atoms with Gasteiger partial charge in [-0.15, -0.1) is 0 Å². The Morgan fingerprint density at radius 1 is 1.04 bits per heavy atom. The molecule has 0 spiro atoms. The summed E-state index contributed by atoms with van der Waals surface area (Å²) >= 11 is 5.09. The molecule has 18 heteroatoms. The normalized spacial score (nSPS) is 19.3.